The Balaban J connectivity index is 2.00. The number of para-hydroxylation sites is 1. The van der Waals surface area contributed by atoms with Crippen LogP contribution in [0.1, 0.15) is 6.42 Å². The first kappa shape index (κ1) is 16.1. The minimum atomic E-state index is -4.91. The van der Waals surface area contributed by atoms with E-state index in [0.29, 0.717) is 5.75 Å². The van der Waals surface area contributed by atoms with Gasteiger partial charge < -0.3 is 14.7 Å². The number of alkyl halides is 3. The number of halogens is 3. The van der Waals surface area contributed by atoms with Gasteiger partial charge in [0, 0.05) is 13.1 Å². The van der Waals surface area contributed by atoms with E-state index in [-0.39, 0.29) is 6.54 Å². The Labute approximate surface area is 124 Å². The van der Waals surface area contributed by atoms with Crippen molar-refractivity contribution < 1.29 is 32.6 Å². The van der Waals surface area contributed by atoms with Crippen molar-refractivity contribution in [3.05, 3.63) is 30.3 Å². The van der Waals surface area contributed by atoms with Crippen molar-refractivity contribution in [2.75, 3.05) is 19.7 Å². The second-order valence-electron chi connectivity index (χ2n) is 5.05. The Morgan fingerprint density at radius 2 is 1.91 bits per heavy atom. The molecule has 120 valence electrons. The van der Waals surface area contributed by atoms with Gasteiger partial charge in [-0.05, 0) is 18.6 Å². The summed E-state index contributed by atoms with van der Waals surface area (Å²) in [6.45, 7) is -1.58. The molecule has 1 atom stereocenters. The van der Waals surface area contributed by atoms with Crippen molar-refractivity contribution in [1.29, 1.82) is 0 Å². The smallest absolute Gasteiger partial charge is 0.406 e. The normalized spacial score (nSPS) is 21.7. The van der Waals surface area contributed by atoms with E-state index in [1.54, 1.807) is 30.3 Å². The summed E-state index contributed by atoms with van der Waals surface area (Å²) < 4.78 is 44.2. The molecule has 8 heteroatoms. The van der Waals surface area contributed by atoms with Gasteiger partial charge in [-0.25, -0.2) is 0 Å². The molecular formula is C14H14F3NO4. The first-order valence-electron chi connectivity index (χ1n) is 6.52. The first-order valence-corrected chi connectivity index (χ1v) is 6.52. The molecule has 1 aliphatic heterocycles. The van der Waals surface area contributed by atoms with Crippen LogP contribution in [0.3, 0.4) is 0 Å². The van der Waals surface area contributed by atoms with E-state index in [0.717, 1.165) is 4.90 Å². The van der Waals surface area contributed by atoms with Crippen molar-refractivity contribution in [2.45, 2.75) is 12.6 Å². The molecule has 0 spiro atoms. The Kier molecular flexibility index (Phi) is 4.30. The number of carboxylic acid groups (broad SMARTS) is 1. The summed E-state index contributed by atoms with van der Waals surface area (Å²) in [6, 6.07) is 8.34. The van der Waals surface area contributed by atoms with E-state index in [9.17, 15) is 22.8 Å². The van der Waals surface area contributed by atoms with E-state index < -0.39 is 43.0 Å². The van der Waals surface area contributed by atoms with Gasteiger partial charge in [0.25, 0.3) is 5.91 Å². The maximum absolute atomic E-state index is 13.0. The molecule has 1 aliphatic rings. The van der Waals surface area contributed by atoms with Crippen LogP contribution in [0.2, 0.25) is 0 Å². The van der Waals surface area contributed by atoms with E-state index in [4.69, 9.17) is 9.84 Å². The Bertz CT molecular complexity index is 561. The maximum Gasteiger partial charge on any atom is 0.406 e. The fraction of sp³-hybridized carbons (Fsp3) is 0.429. The number of rotatable bonds is 4. The molecule has 1 saturated heterocycles. The van der Waals surface area contributed by atoms with Crippen LogP contribution in [0, 0.1) is 5.41 Å². The summed E-state index contributed by atoms with van der Waals surface area (Å²) in [4.78, 5) is 23.8. The highest BCUT2D eigenvalue weighted by atomic mass is 19.4. The third-order valence-electron chi connectivity index (χ3n) is 3.68. The molecule has 1 heterocycles. The molecule has 5 nitrogen and oxygen atoms in total. The second kappa shape index (κ2) is 5.86. The van der Waals surface area contributed by atoms with Gasteiger partial charge in [-0.2, -0.15) is 13.2 Å². The molecule has 0 aromatic heterocycles. The van der Waals surface area contributed by atoms with Crippen LogP contribution in [0.25, 0.3) is 0 Å². The number of amides is 1. The number of hydrogen-bond acceptors (Lipinski definition) is 3. The van der Waals surface area contributed by atoms with Gasteiger partial charge in [-0.15, -0.1) is 0 Å². The molecule has 0 radical (unpaired) electrons. The van der Waals surface area contributed by atoms with Gasteiger partial charge >= 0.3 is 12.1 Å². The highest BCUT2D eigenvalue weighted by Gasteiger charge is 2.64. The Hall–Kier alpha value is -2.25. The SMILES string of the molecule is O=C(COc1ccccc1)N1CCC(C(=O)O)(C(F)(F)F)C1. The number of carbonyl (C=O) groups is 2. The molecule has 1 fully saturated rings. The third kappa shape index (κ3) is 3.00. The average molecular weight is 317 g/mol. The summed E-state index contributed by atoms with van der Waals surface area (Å²) >= 11 is 0. The van der Waals surface area contributed by atoms with Crippen LogP contribution in [-0.4, -0.2) is 47.8 Å². The van der Waals surface area contributed by atoms with E-state index in [2.05, 4.69) is 0 Å². The monoisotopic (exact) mass is 317 g/mol. The molecule has 1 unspecified atom stereocenters. The van der Waals surface area contributed by atoms with Crippen LogP contribution in [0.4, 0.5) is 13.2 Å². The molecule has 1 amide bonds. The van der Waals surface area contributed by atoms with Crippen molar-refractivity contribution >= 4 is 11.9 Å². The zero-order valence-corrected chi connectivity index (χ0v) is 11.5. The Morgan fingerprint density at radius 3 is 2.41 bits per heavy atom. The summed E-state index contributed by atoms with van der Waals surface area (Å²) in [5.41, 5.74) is -2.89. The highest BCUT2D eigenvalue weighted by molar-refractivity contribution is 5.82. The molecule has 0 bridgehead atoms. The number of aliphatic carboxylic acids is 1. The second-order valence-corrected chi connectivity index (χ2v) is 5.05. The molecule has 22 heavy (non-hydrogen) atoms. The third-order valence-corrected chi connectivity index (χ3v) is 3.68. The first-order chi connectivity index (χ1) is 10.3. The van der Waals surface area contributed by atoms with Gasteiger partial charge in [-0.1, -0.05) is 18.2 Å². The predicted octanol–water partition coefficient (Wildman–Crippen LogP) is 1.93. The summed E-state index contributed by atoms with van der Waals surface area (Å²) in [6.07, 6.45) is -5.56. The summed E-state index contributed by atoms with van der Waals surface area (Å²) in [5, 5.41) is 8.92. The molecule has 1 N–H and O–H groups in total. The van der Waals surface area contributed by atoms with E-state index in [1.165, 1.54) is 0 Å². The van der Waals surface area contributed by atoms with E-state index >= 15 is 0 Å². The van der Waals surface area contributed by atoms with Gasteiger partial charge in [0.05, 0.1) is 0 Å². The minimum absolute atomic E-state index is 0.261. The number of likely N-dealkylation sites (tertiary alicyclic amines) is 1. The highest BCUT2D eigenvalue weighted by Crippen LogP contribution is 2.45. The maximum atomic E-state index is 13.0. The van der Waals surface area contributed by atoms with Crippen molar-refractivity contribution in [2.24, 2.45) is 5.41 Å². The number of benzene rings is 1. The number of ether oxygens (including phenoxy) is 1. The molecule has 2 rings (SSSR count). The van der Waals surface area contributed by atoms with Crippen LogP contribution in [-0.2, 0) is 9.59 Å². The predicted molar refractivity (Wildman–Crippen MR) is 69.3 cm³/mol. The lowest BCUT2D eigenvalue weighted by molar-refractivity contribution is -0.227. The van der Waals surface area contributed by atoms with Gasteiger partial charge in [0.1, 0.15) is 5.75 Å². The van der Waals surface area contributed by atoms with Gasteiger partial charge in [0.2, 0.25) is 0 Å². The number of hydrogen-bond donors (Lipinski definition) is 1. The average Bonchev–Trinajstić information content (AvgIpc) is 2.92. The molecule has 1 aromatic carbocycles. The topological polar surface area (TPSA) is 66.8 Å². The number of nitrogens with zero attached hydrogens (tertiary/aromatic N) is 1. The molecule has 0 aliphatic carbocycles. The summed E-state index contributed by atoms with van der Waals surface area (Å²) in [7, 11) is 0. The van der Waals surface area contributed by atoms with Gasteiger partial charge in [-0.3, -0.25) is 9.59 Å². The van der Waals surface area contributed by atoms with Crippen LogP contribution in [0.5, 0.6) is 5.75 Å². The standard InChI is InChI=1S/C14H14F3NO4/c15-14(16,17)13(12(20)21)6-7-18(9-13)11(19)8-22-10-4-2-1-3-5-10/h1-5H,6-9H2,(H,20,21). The van der Waals surface area contributed by atoms with E-state index in [1.807, 2.05) is 0 Å². The Morgan fingerprint density at radius 1 is 1.27 bits per heavy atom. The molecule has 0 saturated carbocycles. The largest absolute Gasteiger partial charge is 0.484 e. The molecular weight excluding hydrogens is 303 g/mol. The van der Waals surface area contributed by atoms with Gasteiger partial charge in [0.15, 0.2) is 12.0 Å². The lowest BCUT2D eigenvalue weighted by Crippen LogP contribution is -2.48. The fourth-order valence-corrected chi connectivity index (χ4v) is 2.30. The van der Waals surface area contributed by atoms with Crippen LogP contribution >= 0.6 is 0 Å². The van der Waals surface area contributed by atoms with Crippen molar-refractivity contribution in [3.63, 3.8) is 0 Å². The summed E-state index contributed by atoms with van der Waals surface area (Å²) in [5.74, 6) is -2.22. The van der Waals surface area contributed by atoms with Crippen LogP contribution in [0.15, 0.2) is 30.3 Å². The number of carboxylic acids is 1. The number of carbonyl (C=O) groups excluding carboxylic acids is 1. The van der Waals surface area contributed by atoms with Crippen LogP contribution < -0.4 is 4.74 Å². The minimum Gasteiger partial charge on any atom is -0.484 e. The zero-order valence-electron chi connectivity index (χ0n) is 11.5. The lowest BCUT2D eigenvalue weighted by Gasteiger charge is -2.27. The lowest BCUT2D eigenvalue weighted by atomic mass is 9.86. The quantitative estimate of drug-likeness (QED) is 0.921. The fourth-order valence-electron chi connectivity index (χ4n) is 2.30. The van der Waals surface area contributed by atoms with Crippen molar-refractivity contribution in [1.82, 2.24) is 4.90 Å². The molecule has 1 aromatic rings. The van der Waals surface area contributed by atoms with Crippen molar-refractivity contribution in [3.8, 4) is 5.75 Å². The zero-order chi connectivity index (χ0) is 16.4.